The maximum atomic E-state index is 11.9. The highest BCUT2D eigenvalue weighted by molar-refractivity contribution is 5.77. The van der Waals surface area contributed by atoms with Crippen molar-refractivity contribution in [2.45, 2.75) is 52.1 Å². The number of amides is 1. The van der Waals surface area contributed by atoms with Gasteiger partial charge in [-0.2, -0.15) is 0 Å². The molecule has 3 nitrogen and oxygen atoms in total. The second-order valence-corrected chi connectivity index (χ2v) is 4.26. The summed E-state index contributed by atoms with van der Waals surface area (Å²) in [5.41, 5.74) is 0. The molecule has 1 amide bonds. The smallest absolute Gasteiger partial charge is 0.223 e. The largest absolute Gasteiger partial charge is 0.335 e. The van der Waals surface area contributed by atoms with Gasteiger partial charge in [-0.1, -0.05) is 13.3 Å². The fraction of sp³-hybridized carbons (Fsp3) is 0.909. The van der Waals surface area contributed by atoms with Gasteiger partial charge in [-0.25, -0.2) is 0 Å². The Hall–Kier alpha value is -0.570. The molecule has 0 aromatic carbocycles. The predicted molar refractivity (Wildman–Crippen MR) is 58.2 cm³/mol. The van der Waals surface area contributed by atoms with Crippen molar-refractivity contribution in [1.29, 1.82) is 0 Å². The Morgan fingerprint density at radius 3 is 2.43 bits per heavy atom. The number of nitrogens with zero attached hydrogens (tertiary/aromatic N) is 1. The summed E-state index contributed by atoms with van der Waals surface area (Å²) in [6, 6.07) is 0.700. The molecule has 0 aromatic heterocycles. The van der Waals surface area contributed by atoms with E-state index in [0.717, 1.165) is 25.9 Å². The fourth-order valence-electron chi connectivity index (χ4n) is 2.08. The SMILES string of the molecule is CCCCC(=O)N1C(C)CNCC1C. The van der Waals surface area contributed by atoms with Crippen LogP contribution >= 0.6 is 0 Å². The van der Waals surface area contributed by atoms with Crippen LogP contribution in [-0.2, 0) is 4.79 Å². The zero-order chi connectivity index (χ0) is 10.6. The van der Waals surface area contributed by atoms with E-state index in [1.807, 2.05) is 4.90 Å². The molecule has 1 heterocycles. The second kappa shape index (κ2) is 5.35. The minimum Gasteiger partial charge on any atom is -0.335 e. The highest BCUT2D eigenvalue weighted by atomic mass is 16.2. The maximum Gasteiger partial charge on any atom is 0.223 e. The third-order valence-electron chi connectivity index (χ3n) is 2.86. The van der Waals surface area contributed by atoms with Crippen LogP contribution in [0.5, 0.6) is 0 Å². The van der Waals surface area contributed by atoms with Crippen LogP contribution in [0.3, 0.4) is 0 Å². The average molecular weight is 198 g/mol. The first-order valence-electron chi connectivity index (χ1n) is 5.68. The minimum absolute atomic E-state index is 0.327. The lowest BCUT2D eigenvalue weighted by molar-refractivity contribution is -0.136. The van der Waals surface area contributed by atoms with E-state index in [0.29, 0.717) is 24.4 Å². The molecule has 2 atom stereocenters. The molecule has 0 saturated carbocycles. The van der Waals surface area contributed by atoms with Crippen molar-refractivity contribution in [2.75, 3.05) is 13.1 Å². The van der Waals surface area contributed by atoms with Gasteiger partial charge in [0.25, 0.3) is 0 Å². The lowest BCUT2D eigenvalue weighted by Gasteiger charge is -2.39. The van der Waals surface area contributed by atoms with Crippen LogP contribution in [0.2, 0.25) is 0 Å². The summed E-state index contributed by atoms with van der Waals surface area (Å²) < 4.78 is 0. The Balaban J connectivity index is 2.49. The topological polar surface area (TPSA) is 32.3 Å². The van der Waals surface area contributed by atoms with Crippen molar-refractivity contribution in [1.82, 2.24) is 10.2 Å². The number of unbranched alkanes of at least 4 members (excludes halogenated alkanes) is 1. The summed E-state index contributed by atoms with van der Waals surface area (Å²) in [7, 11) is 0. The van der Waals surface area contributed by atoms with Crippen molar-refractivity contribution in [3.8, 4) is 0 Å². The Morgan fingerprint density at radius 1 is 1.36 bits per heavy atom. The van der Waals surface area contributed by atoms with Gasteiger partial charge in [0.15, 0.2) is 0 Å². The van der Waals surface area contributed by atoms with Gasteiger partial charge in [-0.15, -0.1) is 0 Å². The molecule has 3 heteroatoms. The highest BCUT2D eigenvalue weighted by Gasteiger charge is 2.27. The molecule has 0 aliphatic carbocycles. The van der Waals surface area contributed by atoms with Crippen molar-refractivity contribution in [2.24, 2.45) is 0 Å². The van der Waals surface area contributed by atoms with Gasteiger partial charge in [-0.05, 0) is 20.3 Å². The van der Waals surface area contributed by atoms with Crippen molar-refractivity contribution in [3.63, 3.8) is 0 Å². The number of piperazine rings is 1. The highest BCUT2D eigenvalue weighted by Crippen LogP contribution is 2.12. The standard InChI is InChI=1S/C11H22N2O/c1-4-5-6-11(14)13-9(2)7-12-8-10(13)3/h9-10,12H,4-8H2,1-3H3. The summed E-state index contributed by atoms with van der Waals surface area (Å²) >= 11 is 0. The summed E-state index contributed by atoms with van der Waals surface area (Å²) in [5.74, 6) is 0.327. The van der Waals surface area contributed by atoms with Crippen molar-refractivity contribution < 1.29 is 4.79 Å². The zero-order valence-electron chi connectivity index (χ0n) is 9.55. The number of carbonyl (C=O) groups excluding carboxylic acids is 1. The van der Waals surface area contributed by atoms with Gasteiger partial charge in [0.1, 0.15) is 0 Å². The Bertz CT molecular complexity index is 184. The van der Waals surface area contributed by atoms with Gasteiger partial charge in [0.2, 0.25) is 5.91 Å². The molecule has 1 aliphatic heterocycles. The second-order valence-electron chi connectivity index (χ2n) is 4.26. The minimum atomic E-state index is 0.327. The molecule has 0 radical (unpaired) electrons. The monoisotopic (exact) mass is 198 g/mol. The first kappa shape index (κ1) is 11.5. The van der Waals surface area contributed by atoms with Crippen LogP contribution in [0.4, 0.5) is 0 Å². The summed E-state index contributed by atoms with van der Waals surface area (Å²) in [5, 5.41) is 3.33. The summed E-state index contributed by atoms with van der Waals surface area (Å²) in [6.07, 6.45) is 2.83. The predicted octanol–water partition coefficient (Wildman–Crippen LogP) is 1.39. The number of hydrogen-bond acceptors (Lipinski definition) is 2. The van der Waals surface area contributed by atoms with Gasteiger partial charge >= 0.3 is 0 Å². The van der Waals surface area contributed by atoms with Gasteiger partial charge < -0.3 is 10.2 Å². The third kappa shape index (κ3) is 2.71. The van der Waals surface area contributed by atoms with Crippen LogP contribution in [0.25, 0.3) is 0 Å². The molecule has 0 spiro atoms. The molecule has 0 bridgehead atoms. The van der Waals surface area contributed by atoms with E-state index >= 15 is 0 Å². The maximum absolute atomic E-state index is 11.9. The fourth-order valence-corrected chi connectivity index (χ4v) is 2.08. The van der Waals surface area contributed by atoms with Crippen LogP contribution in [-0.4, -0.2) is 36.0 Å². The molecular weight excluding hydrogens is 176 g/mol. The average Bonchev–Trinajstić information content (AvgIpc) is 2.14. The van der Waals surface area contributed by atoms with Crippen LogP contribution < -0.4 is 5.32 Å². The Labute approximate surface area is 86.9 Å². The van der Waals surface area contributed by atoms with E-state index in [1.54, 1.807) is 0 Å². The van der Waals surface area contributed by atoms with Gasteiger partial charge in [0, 0.05) is 31.6 Å². The summed E-state index contributed by atoms with van der Waals surface area (Å²) in [4.78, 5) is 13.9. The quantitative estimate of drug-likeness (QED) is 0.743. The van der Waals surface area contributed by atoms with Crippen LogP contribution in [0, 0.1) is 0 Å². The molecule has 1 aliphatic rings. The molecule has 2 unspecified atom stereocenters. The molecule has 0 aromatic rings. The molecule has 1 saturated heterocycles. The van der Waals surface area contributed by atoms with E-state index in [-0.39, 0.29) is 0 Å². The first-order chi connectivity index (χ1) is 6.66. The molecule has 82 valence electrons. The van der Waals surface area contributed by atoms with Gasteiger partial charge in [-0.3, -0.25) is 4.79 Å². The normalized spacial score (nSPS) is 27.8. The lowest BCUT2D eigenvalue weighted by Crippen LogP contribution is -2.57. The Morgan fingerprint density at radius 2 is 1.93 bits per heavy atom. The van der Waals surface area contributed by atoms with E-state index in [9.17, 15) is 4.79 Å². The van der Waals surface area contributed by atoms with Crippen molar-refractivity contribution in [3.05, 3.63) is 0 Å². The van der Waals surface area contributed by atoms with E-state index in [2.05, 4.69) is 26.1 Å². The third-order valence-corrected chi connectivity index (χ3v) is 2.86. The molecule has 1 N–H and O–H groups in total. The molecule has 14 heavy (non-hydrogen) atoms. The Kier molecular flexibility index (Phi) is 4.39. The zero-order valence-corrected chi connectivity index (χ0v) is 9.55. The number of nitrogens with one attached hydrogen (secondary N) is 1. The van der Waals surface area contributed by atoms with Crippen LogP contribution in [0.15, 0.2) is 0 Å². The van der Waals surface area contributed by atoms with Gasteiger partial charge in [0.05, 0.1) is 0 Å². The van der Waals surface area contributed by atoms with E-state index in [1.165, 1.54) is 0 Å². The van der Waals surface area contributed by atoms with E-state index in [4.69, 9.17) is 0 Å². The molecule has 1 rings (SSSR count). The number of carbonyl (C=O) groups is 1. The number of rotatable bonds is 3. The number of hydrogen-bond donors (Lipinski definition) is 1. The van der Waals surface area contributed by atoms with E-state index < -0.39 is 0 Å². The first-order valence-corrected chi connectivity index (χ1v) is 5.68. The molecule has 1 fully saturated rings. The lowest BCUT2D eigenvalue weighted by atomic mass is 10.1. The van der Waals surface area contributed by atoms with Crippen LogP contribution in [0.1, 0.15) is 40.0 Å². The molecular formula is C11H22N2O. The summed E-state index contributed by atoms with van der Waals surface area (Å²) in [6.45, 7) is 8.22. The van der Waals surface area contributed by atoms with Crippen molar-refractivity contribution >= 4 is 5.91 Å².